The first-order valence-corrected chi connectivity index (χ1v) is 6.49. The van der Waals surface area contributed by atoms with Gasteiger partial charge >= 0.3 is 6.18 Å². The number of rotatable bonds is 2. The number of carbonyl (C=O) groups is 2. The van der Waals surface area contributed by atoms with Crippen molar-refractivity contribution in [3.8, 4) is 0 Å². The SMILES string of the molecule is CC1CC(=O)NCC(=O)N1Cc1cccc(C(F)(F)F)c1. The average Bonchev–Trinajstić information content (AvgIpc) is 2.51. The van der Waals surface area contributed by atoms with E-state index in [4.69, 9.17) is 0 Å². The lowest BCUT2D eigenvalue weighted by molar-refractivity contribution is -0.137. The van der Waals surface area contributed by atoms with E-state index in [2.05, 4.69) is 5.32 Å². The molecule has 2 rings (SSSR count). The van der Waals surface area contributed by atoms with Crippen LogP contribution >= 0.6 is 0 Å². The molecule has 4 nitrogen and oxygen atoms in total. The maximum atomic E-state index is 12.7. The molecule has 1 saturated heterocycles. The highest BCUT2D eigenvalue weighted by Crippen LogP contribution is 2.30. The fraction of sp³-hybridized carbons (Fsp3) is 0.429. The number of benzene rings is 1. The summed E-state index contributed by atoms with van der Waals surface area (Å²) in [6, 6.07) is 4.52. The van der Waals surface area contributed by atoms with Crippen LogP contribution in [0.2, 0.25) is 0 Å². The number of hydrogen-bond acceptors (Lipinski definition) is 2. The molecule has 1 fully saturated rings. The Labute approximate surface area is 119 Å². The fourth-order valence-corrected chi connectivity index (χ4v) is 2.26. The van der Waals surface area contributed by atoms with E-state index in [-0.39, 0.29) is 37.4 Å². The van der Waals surface area contributed by atoms with Crippen molar-refractivity contribution in [2.24, 2.45) is 0 Å². The minimum absolute atomic E-state index is 0.0544. The summed E-state index contributed by atoms with van der Waals surface area (Å²) in [5, 5.41) is 2.47. The van der Waals surface area contributed by atoms with Crippen LogP contribution in [-0.2, 0) is 22.3 Å². The molecular weight excluding hydrogens is 285 g/mol. The Morgan fingerprint density at radius 3 is 2.71 bits per heavy atom. The first-order chi connectivity index (χ1) is 9.77. The van der Waals surface area contributed by atoms with Crippen LogP contribution in [0.3, 0.4) is 0 Å². The summed E-state index contributed by atoms with van der Waals surface area (Å²) in [6.07, 6.45) is -4.27. The zero-order chi connectivity index (χ0) is 15.6. The Balaban J connectivity index is 2.20. The van der Waals surface area contributed by atoms with Gasteiger partial charge < -0.3 is 10.2 Å². The topological polar surface area (TPSA) is 49.4 Å². The Morgan fingerprint density at radius 2 is 2.05 bits per heavy atom. The van der Waals surface area contributed by atoms with E-state index in [1.165, 1.54) is 17.0 Å². The van der Waals surface area contributed by atoms with Crippen molar-refractivity contribution in [2.75, 3.05) is 6.54 Å². The van der Waals surface area contributed by atoms with E-state index in [9.17, 15) is 22.8 Å². The van der Waals surface area contributed by atoms with Crippen LogP contribution in [0.4, 0.5) is 13.2 Å². The molecular formula is C14H15F3N2O2. The molecule has 1 N–H and O–H groups in total. The summed E-state index contributed by atoms with van der Waals surface area (Å²) in [5.41, 5.74) is -0.358. The zero-order valence-corrected chi connectivity index (χ0v) is 11.4. The van der Waals surface area contributed by atoms with Gasteiger partial charge in [0, 0.05) is 19.0 Å². The van der Waals surface area contributed by atoms with Gasteiger partial charge in [0.25, 0.3) is 0 Å². The Morgan fingerprint density at radius 1 is 1.33 bits per heavy atom. The second-order valence-corrected chi connectivity index (χ2v) is 5.05. The molecule has 0 spiro atoms. The zero-order valence-electron chi connectivity index (χ0n) is 11.4. The number of amides is 2. The van der Waals surface area contributed by atoms with Gasteiger partial charge in [-0.1, -0.05) is 12.1 Å². The maximum absolute atomic E-state index is 12.7. The van der Waals surface area contributed by atoms with Crippen LogP contribution in [0.15, 0.2) is 24.3 Å². The molecule has 1 unspecified atom stereocenters. The highest BCUT2D eigenvalue weighted by Gasteiger charge is 2.31. The van der Waals surface area contributed by atoms with E-state index >= 15 is 0 Å². The summed E-state index contributed by atoms with van der Waals surface area (Å²) >= 11 is 0. The highest BCUT2D eigenvalue weighted by molar-refractivity contribution is 5.87. The van der Waals surface area contributed by atoms with Crippen molar-refractivity contribution in [1.29, 1.82) is 0 Å². The van der Waals surface area contributed by atoms with Crippen LogP contribution in [-0.4, -0.2) is 29.3 Å². The van der Waals surface area contributed by atoms with Gasteiger partial charge in [0.05, 0.1) is 12.1 Å². The molecule has 0 bridgehead atoms. The normalized spacial score (nSPS) is 20.2. The van der Waals surface area contributed by atoms with Crippen LogP contribution in [0, 0.1) is 0 Å². The number of carbonyl (C=O) groups excluding carboxylic acids is 2. The van der Waals surface area contributed by atoms with Gasteiger partial charge in [0.1, 0.15) is 0 Å². The van der Waals surface area contributed by atoms with E-state index in [0.717, 1.165) is 12.1 Å². The highest BCUT2D eigenvalue weighted by atomic mass is 19.4. The summed E-state index contributed by atoms with van der Waals surface area (Å²) < 4.78 is 38.0. The quantitative estimate of drug-likeness (QED) is 0.907. The molecule has 1 heterocycles. The number of nitrogens with zero attached hydrogens (tertiary/aromatic N) is 1. The third kappa shape index (κ3) is 3.74. The van der Waals surface area contributed by atoms with Gasteiger partial charge in [-0.05, 0) is 24.6 Å². The number of nitrogens with one attached hydrogen (secondary N) is 1. The predicted molar refractivity (Wildman–Crippen MR) is 69.1 cm³/mol. The molecule has 114 valence electrons. The molecule has 21 heavy (non-hydrogen) atoms. The van der Waals surface area contributed by atoms with Crippen molar-refractivity contribution in [1.82, 2.24) is 10.2 Å². The summed E-state index contributed by atoms with van der Waals surface area (Å²) in [4.78, 5) is 24.8. The van der Waals surface area contributed by atoms with Crippen LogP contribution < -0.4 is 5.32 Å². The van der Waals surface area contributed by atoms with E-state index in [1.807, 2.05) is 0 Å². The lowest BCUT2D eigenvalue weighted by atomic mass is 10.1. The first-order valence-electron chi connectivity index (χ1n) is 6.49. The molecule has 1 atom stereocenters. The van der Waals surface area contributed by atoms with Gasteiger partial charge in [0.2, 0.25) is 11.8 Å². The predicted octanol–water partition coefficient (Wildman–Crippen LogP) is 1.94. The molecule has 1 aliphatic rings. The number of halogens is 3. The smallest absolute Gasteiger partial charge is 0.347 e. The van der Waals surface area contributed by atoms with Gasteiger partial charge in [-0.2, -0.15) is 13.2 Å². The molecule has 1 aromatic carbocycles. The molecule has 0 radical (unpaired) electrons. The summed E-state index contributed by atoms with van der Waals surface area (Å²) in [6.45, 7) is 1.64. The second-order valence-electron chi connectivity index (χ2n) is 5.05. The number of hydrogen-bond donors (Lipinski definition) is 1. The van der Waals surface area contributed by atoms with Crippen molar-refractivity contribution >= 4 is 11.8 Å². The van der Waals surface area contributed by atoms with E-state index in [0.29, 0.717) is 5.56 Å². The maximum Gasteiger partial charge on any atom is 0.416 e. The van der Waals surface area contributed by atoms with Crippen molar-refractivity contribution < 1.29 is 22.8 Å². The molecule has 1 aromatic rings. The third-order valence-electron chi connectivity index (χ3n) is 3.38. The van der Waals surface area contributed by atoms with E-state index in [1.54, 1.807) is 6.92 Å². The number of alkyl halides is 3. The van der Waals surface area contributed by atoms with Gasteiger partial charge in [-0.25, -0.2) is 0 Å². The lowest BCUT2D eigenvalue weighted by Gasteiger charge is -2.26. The molecule has 1 aliphatic heterocycles. The Kier molecular flexibility index (Phi) is 4.20. The fourth-order valence-electron chi connectivity index (χ4n) is 2.26. The monoisotopic (exact) mass is 300 g/mol. The lowest BCUT2D eigenvalue weighted by Crippen LogP contribution is -2.39. The van der Waals surface area contributed by atoms with Crippen LogP contribution in [0.1, 0.15) is 24.5 Å². The molecule has 0 aliphatic carbocycles. The minimum Gasteiger partial charge on any atom is -0.347 e. The Hall–Kier alpha value is -2.05. The minimum atomic E-state index is -4.41. The van der Waals surface area contributed by atoms with Crippen molar-refractivity contribution in [3.63, 3.8) is 0 Å². The second kappa shape index (κ2) is 5.75. The molecule has 2 amide bonds. The Bertz CT molecular complexity index is 557. The van der Waals surface area contributed by atoms with Gasteiger partial charge in [0.15, 0.2) is 0 Å². The van der Waals surface area contributed by atoms with Gasteiger partial charge in [-0.15, -0.1) is 0 Å². The van der Waals surface area contributed by atoms with Crippen molar-refractivity contribution in [3.05, 3.63) is 35.4 Å². The first kappa shape index (κ1) is 15.3. The summed E-state index contributed by atoms with van der Waals surface area (Å²) in [5.74, 6) is -0.534. The molecule has 7 heteroatoms. The van der Waals surface area contributed by atoms with E-state index < -0.39 is 11.7 Å². The average molecular weight is 300 g/mol. The molecule has 0 aromatic heterocycles. The summed E-state index contributed by atoms with van der Waals surface area (Å²) in [7, 11) is 0. The van der Waals surface area contributed by atoms with Crippen LogP contribution in [0.25, 0.3) is 0 Å². The molecule has 0 saturated carbocycles. The third-order valence-corrected chi connectivity index (χ3v) is 3.38. The van der Waals surface area contributed by atoms with Gasteiger partial charge in [-0.3, -0.25) is 9.59 Å². The standard InChI is InChI=1S/C14H15F3N2O2/c1-9-5-12(20)18-7-13(21)19(9)8-10-3-2-4-11(6-10)14(15,16)17/h2-4,6,9H,5,7-8H2,1H3,(H,18,20). The van der Waals surface area contributed by atoms with Crippen molar-refractivity contribution in [2.45, 2.75) is 32.1 Å². The largest absolute Gasteiger partial charge is 0.416 e. The van der Waals surface area contributed by atoms with Crippen LogP contribution in [0.5, 0.6) is 0 Å².